The maximum Gasteiger partial charge on any atom is 0.237 e. The average Bonchev–Trinajstić information content (AvgIpc) is 2.43. The predicted molar refractivity (Wildman–Crippen MR) is 103 cm³/mol. The second-order valence-electron chi connectivity index (χ2n) is 6.01. The molecule has 1 aromatic carbocycles. The Morgan fingerprint density at radius 2 is 1.61 bits per heavy atom. The van der Waals surface area contributed by atoms with Crippen molar-refractivity contribution < 1.29 is 4.79 Å². The number of nitrogens with one attached hydrogen (secondary N) is 1. The molecule has 6 heteroatoms. The summed E-state index contributed by atoms with van der Waals surface area (Å²) in [5, 5.41) is 2.94. The molecular formula is C17H31Cl2N3O. The normalized spacial score (nSPS) is 11.8. The first-order chi connectivity index (χ1) is 9.91. The Kier molecular flexibility index (Phi) is 13.4. The van der Waals surface area contributed by atoms with Gasteiger partial charge in [0, 0.05) is 25.2 Å². The van der Waals surface area contributed by atoms with E-state index in [9.17, 15) is 4.79 Å². The Labute approximate surface area is 153 Å². The molecule has 1 unspecified atom stereocenters. The van der Waals surface area contributed by atoms with E-state index in [1.807, 2.05) is 30.3 Å². The number of carbonyl (C=O) groups excluding carboxylic acids is 1. The second-order valence-corrected chi connectivity index (χ2v) is 6.01. The van der Waals surface area contributed by atoms with E-state index < -0.39 is 6.04 Å². The minimum Gasteiger partial charge on any atom is -0.353 e. The number of halogens is 2. The van der Waals surface area contributed by atoms with Crippen LogP contribution in [-0.4, -0.2) is 42.0 Å². The van der Waals surface area contributed by atoms with Gasteiger partial charge < -0.3 is 11.1 Å². The first-order valence-electron chi connectivity index (χ1n) is 7.74. The van der Waals surface area contributed by atoms with Gasteiger partial charge in [-0.3, -0.25) is 9.69 Å². The number of carbonyl (C=O) groups is 1. The summed E-state index contributed by atoms with van der Waals surface area (Å²) in [6, 6.07) is 10.3. The van der Waals surface area contributed by atoms with Crippen LogP contribution in [0.2, 0.25) is 0 Å². The maximum absolute atomic E-state index is 12.0. The topological polar surface area (TPSA) is 58.4 Å². The summed E-state index contributed by atoms with van der Waals surface area (Å²) in [6.45, 7) is 10.2. The zero-order valence-electron chi connectivity index (χ0n) is 14.5. The molecule has 0 aromatic heterocycles. The molecule has 0 radical (unpaired) electrons. The van der Waals surface area contributed by atoms with E-state index in [0.717, 1.165) is 12.1 Å². The highest BCUT2D eigenvalue weighted by Crippen LogP contribution is 2.04. The molecule has 0 aliphatic rings. The Hall–Kier alpha value is -0.810. The van der Waals surface area contributed by atoms with Gasteiger partial charge >= 0.3 is 0 Å². The summed E-state index contributed by atoms with van der Waals surface area (Å²) in [6.07, 6.45) is 0.574. The van der Waals surface area contributed by atoms with Crippen LogP contribution < -0.4 is 11.1 Å². The molecule has 0 bridgehead atoms. The molecular weight excluding hydrogens is 333 g/mol. The quantitative estimate of drug-likeness (QED) is 0.746. The summed E-state index contributed by atoms with van der Waals surface area (Å²) in [7, 11) is 0. The average molecular weight is 364 g/mol. The van der Waals surface area contributed by atoms with Crippen LogP contribution in [0.15, 0.2) is 30.3 Å². The number of rotatable bonds is 8. The van der Waals surface area contributed by atoms with Crippen LogP contribution in [0, 0.1) is 0 Å². The predicted octanol–water partition coefficient (Wildman–Crippen LogP) is 2.64. The molecule has 1 rings (SSSR count). The van der Waals surface area contributed by atoms with Crippen LogP contribution in [0.1, 0.15) is 33.3 Å². The first kappa shape index (κ1) is 24.4. The number of benzene rings is 1. The first-order valence-corrected chi connectivity index (χ1v) is 7.74. The van der Waals surface area contributed by atoms with Gasteiger partial charge in [0.15, 0.2) is 0 Å². The minimum atomic E-state index is -0.487. The number of hydrogen-bond donors (Lipinski definition) is 2. The van der Waals surface area contributed by atoms with Crippen molar-refractivity contribution in [3.05, 3.63) is 35.9 Å². The lowest BCUT2D eigenvalue weighted by Gasteiger charge is -2.30. The van der Waals surface area contributed by atoms with Gasteiger partial charge in [-0.25, -0.2) is 0 Å². The van der Waals surface area contributed by atoms with Crippen molar-refractivity contribution in [1.82, 2.24) is 10.2 Å². The third-order valence-electron chi connectivity index (χ3n) is 3.63. The van der Waals surface area contributed by atoms with Gasteiger partial charge in [0.1, 0.15) is 0 Å². The molecule has 1 aromatic rings. The van der Waals surface area contributed by atoms with Gasteiger partial charge in [-0.1, -0.05) is 30.3 Å². The second kappa shape index (κ2) is 12.6. The van der Waals surface area contributed by atoms with Crippen molar-refractivity contribution in [3.63, 3.8) is 0 Å². The van der Waals surface area contributed by atoms with Gasteiger partial charge in [-0.15, -0.1) is 24.8 Å². The summed E-state index contributed by atoms with van der Waals surface area (Å²) < 4.78 is 0. The molecule has 0 aliphatic carbocycles. The zero-order chi connectivity index (χ0) is 15.8. The Bertz CT molecular complexity index is 419. The fourth-order valence-corrected chi connectivity index (χ4v) is 2.51. The van der Waals surface area contributed by atoms with Crippen molar-refractivity contribution in [2.24, 2.45) is 5.73 Å². The number of hydrogen-bond acceptors (Lipinski definition) is 3. The fourth-order valence-electron chi connectivity index (χ4n) is 2.51. The van der Waals surface area contributed by atoms with Gasteiger partial charge in [-0.2, -0.15) is 0 Å². The van der Waals surface area contributed by atoms with Crippen molar-refractivity contribution in [1.29, 1.82) is 0 Å². The van der Waals surface area contributed by atoms with Crippen LogP contribution in [-0.2, 0) is 11.2 Å². The van der Waals surface area contributed by atoms with Crippen molar-refractivity contribution >= 4 is 30.7 Å². The molecule has 0 fully saturated rings. The van der Waals surface area contributed by atoms with E-state index in [1.165, 1.54) is 0 Å². The molecule has 0 spiro atoms. The van der Waals surface area contributed by atoms with Crippen molar-refractivity contribution in [2.45, 2.75) is 52.2 Å². The van der Waals surface area contributed by atoms with Crippen molar-refractivity contribution in [2.75, 3.05) is 13.1 Å². The monoisotopic (exact) mass is 363 g/mol. The van der Waals surface area contributed by atoms with E-state index in [1.54, 1.807) is 0 Å². The number of nitrogens with two attached hydrogens (primary N) is 1. The van der Waals surface area contributed by atoms with E-state index in [0.29, 0.717) is 25.0 Å². The number of nitrogens with zero attached hydrogens (tertiary/aromatic N) is 1. The molecule has 134 valence electrons. The molecule has 0 saturated carbocycles. The summed E-state index contributed by atoms with van der Waals surface area (Å²) in [4.78, 5) is 14.4. The highest BCUT2D eigenvalue weighted by Gasteiger charge is 2.16. The third kappa shape index (κ3) is 9.16. The van der Waals surface area contributed by atoms with Gasteiger partial charge in [0.05, 0.1) is 6.04 Å². The zero-order valence-corrected chi connectivity index (χ0v) is 16.1. The molecule has 23 heavy (non-hydrogen) atoms. The van der Waals surface area contributed by atoms with E-state index in [-0.39, 0.29) is 30.7 Å². The van der Waals surface area contributed by atoms with Gasteiger partial charge in [-0.05, 0) is 39.7 Å². The largest absolute Gasteiger partial charge is 0.353 e. The smallest absolute Gasteiger partial charge is 0.237 e. The lowest BCUT2D eigenvalue weighted by atomic mass is 10.1. The van der Waals surface area contributed by atoms with Crippen LogP contribution in [0.4, 0.5) is 0 Å². The molecule has 3 N–H and O–H groups in total. The summed E-state index contributed by atoms with van der Waals surface area (Å²) in [5.41, 5.74) is 7.05. The lowest BCUT2D eigenvalue weighted by molar-refractivity contribution is -0.122. The molecule has 1 atom stereocenters. The minimum absolute atomic E-state index is 0. The lowest BCUT2D eigenvalue weighted by Crippen LogP contribution is -2.47. The van der Waals surface area contributed by atoms with E-state index in [4.69, 9.17) is 5.73 Å². The molecule has 0 heterocycles. The highest BCUT2D eigenvalue weighted by molar-refractivity contribution is 5.85. The van der Waals surface area contributed by atoms with Gasteiger partial charge in [0.2, 0.25) is 5.91 Å². The third-order valence-corrected chi connectivity index (χ3v) is 3.63. The SMILES string of the molecule is CC(C)N(CCNC(=O)C(N)Cc1ccccc1)C(C)C.Cl.Cl. The standard InChI is InChI=1S/C17H29N3O.2ClH/c1-13(2)20(14(3)4)11-10-19-17(21)16(18)12-15-8-6-5-7-9-15;;/h5-9,13-14,16H,10-12,18H2,1-4H3,(H,19,21);2*1H. The number of amides is 1. The Balaban J connectivity index is 0. The highest BCUT2D eigenvalue weighted by atomic mass is 35.5. The fraction of sp³-hybridized carbons (Fsp3) is 0.588. The van der Waals surface area contributed by atoms with E-state index in [2.05, 4.69) is 37.9 Å². The summed E-state index contributed by atoms with van der Waals surface area (Å²) in [5.74, 6) is -0.0775. The Morgan fingerprint density at radius 1 is 1.09 bits per heavy atom. The Morgan fingerprint density at radius 3 is 2.09 bits per heavy atom. The summed E-state index contributed by atoms with van der Waals surface area (Å²) >= 11 is 0. The maximum atomic E-state index is 12.0. The molecule has 0 saturated heterocycles. The van der Waals surface area contributed by atoms with Crippen molar-refractivity contribution in [3.8, 4) is 0 Å². The molecule has 4 nitrogen and oxygen atoms in total. The van der Waals surface area contributed by atoms with Gasteiger partial charge in [0.25, 0.3) is 0 Å². The van der Waals surface area contributed by atoms with E-state index >= 15 is 0 Å². The van der Waals surface area contributed by atoms with Crippen LogP contribution in [0.5, 0.6) is 0 Å². The molecule has 1 amide bonds. The van der Waals surface area contributed by atoms with Crippen LogP contribution in [0.25, 0.3) is 0 Å². The van der Waals surface area contributed by atoms with Crippen LogP contribution >= 0.6 is 24.8 Å². The van der Waals surface area contributed by atoms with Crippen LogP contribution in [0.3, 0.4) is 0 Å². The molecule has 0 aliphatic heterocycles.